The van der Waals surface area contributed by atoms with Crippen LogP contribution in [0.5, 0.6) is 0 Å². The van der Waals surface area contributed by atoms with E-state index in [2.05, 4.69) is 209 Å². The van der Waals surface area contributed by atoms with E-state index in [1.807, 2.05) is 6.20 Å². The molecule has 0 aliphatic carbocycles. The first-order valence-corrected chi connectivity index (χ1v) is 20.5. The Morgan fingerprint density at radius 3 is 1.47 bits per heavy atom. The molecule has 0 radical (unpaired) electrons. The van der Waals surface area contributed by atoms with Gasteiger partial charge in [-0.3, -0.25) is 4.98 Å². The molecular formula is C56H34N4. The van der Waals surface area contributed by atoms with Crippen LogP contribution in [-0.2, 0) is 0 Å². The second-order valence-corrected chi connectivity index (χ2v) is 15.8. The lowest BCUT2D eigenvalue weighted by molar-refractivity contribution is 1.18. The van der Waals surface area contributed by atoms with Crippen molar-refractivity contribution in [2.24, 2.45) is 0 Å². The lowest BCUT2D eigenvalue weighted by Crippen LogP contribution is -1.96. The molecule has 3 aromatic heterocycles. The minimum Gasteiger partial charge on any atom is -0.309 e. The summed E-state index contributed by atoms with van der Waals surface area (Å²) in [6.07, 6.45) is 1.93. The molecular weight excluding hydrogens is 729 g/mol. The number of hydrogen-bond acceptors (Lipinski definition) is 2. The highest BCUT2D eigenvalue weighted by molar-refractivity contribution is 6.23. The Kier molecular flexibility index (Phi) is 6.98. The average Bonchev–Trinajstić information content (AvgIpc) is 3.83. The third-order valence-corrected chi connectivity index (χ3v) is 12.5. The van der Waals surface area contributed by atoms with Crippen LogP contribution in [0.25, 0.3) is 121 Å². The highest BCUT2D eigenvalue weighted by atomic mass is 15.0. The molecule has 13 aromatic rings. The van der Waals surface area contributed by atoms with E-state index >= 15 is 0 Å². The molecule has 0 atom stereocenters. The molecule has 278 valence electrons. The van der Waals surface area contributed by atoms with E-state index in [1.54, 1.807) is 0 Å². The van der Waals surface area contributed by atoms with Crippen LogP contribution in [0, 0.1) is 0 Å². The van der Waals surface area contributed by atoms with E-state index < -0.39 is 0 Å². The van der Waals surface area contributed by atoms with E-state index in [0.29, 0.717) is 0 Å². The fourth-order valence-electron chi connectivity index (χ4n) is 9.74. The van der Waals surface area contributed by atoms with Crippen molar-refractivity contribution in [2.45, 2.75) is 0 Å². The summed E-state index contributed by atoms with van der Waals surface area (Å²) in [5.41, 5.74) is 13.1. The van der Waals surface area contributed by atoms with Gasteiger partial charge in [0.2, 0.25) is 0 Å². The lowest BCUT2D eigenvalue weighted by Gasteiger charge is -2.12. The van der Waals surface area contributed by atoms with Crippen molar-refractivity contribution in [3.63, 3.8) is 0 Å². The highest BCUT2D eigenvalue weighted by Gasteiger charge is 2.18. The van der Waals surface area contributed by atoms with Crippen LogP contribution in [0.1, 0.15) is 0 Å². The van der Waals surface area contributed by atoms with Gasteiger partial charge < -0.3 is 9.13 Å². The zero-order valence-corrected chi connectivity index (χ0v) is 32.4. The van der Waals surface area contributed by atoms with Crippen LogP contribution in [0.15, 0.2) is 206 Å². The number of fused-ring (bicyclic) bond motifs is 13. The number of nitrogens with zero attached hydrogens (tertiary/aromatic N) is 4. The van der Waals surface area contributed by atoms with Crippen molar-refractivity contribution < 1.29 is 0 Å². The molecule has 0 fully saturated rings. The van der Waals surface area contributed by atoms with E-state index in [-0.39, 0.29) is 0 Å². The number of aromatic nitrogens is 4. The zero-order valence-electron chi connectivity index (χ0n) is 32.4. The third kappa shape index (κ3) is 4.85. The predicted octanol–water partition coefficient (Wildman–Crippen LogP) is 14.6. The molecule has 13 rings (SSSR count). The number of hydrogen-bond donors (Lipinski definition) is 0. The summed E-state index contributed by atoms with van der Waals surface area (Å²) in [5, 5.41) is 12.0. The van der Waals surface area contributed by atoms with E-state index in [0.717, 1.165) is 49.8 Å². The van der Waals surface area contributed by atoms with Gasteiger partial charge in [0.1, 0.15) is 0 Å². The Balaban J connectivity index is 0.941. The van der Waals surface area contributed by atoms with Crippen LogP contribution in [0.2, 0.25) is 0 Å². The lowest BCUT2D eigenvalue weighted by atomic mass is 9.99. The van der Waals surface area contributed by atoms with Crippen molar-refractivity contribution in [1.82, 2.24) is 19.1 Å². The van der Waals surface area contributed by atoms with Crippen molar-refractivity contribution in [3.8, 4) is 33.8 Å². The molecule has 10 aromatic carbocycles. The SMILES string of the molecule is c1cc(-c2cnc3c4ccccc4c4ccccc4c3n2)cc(-n2c3ccccc3c3cc(-c4ccc5c(c4)c4ccccc4n5-c4ccc5ccccc5c4)ccc32)c1. The summed E-state index contributed by atoms with van der Waals surface area (Å²) >= 11 is 0. The van der Waals surface area contributed by atoms with Crippen molar-refractivity contribution >= 4 is 87.0 Å². The molecule has 0 aliphatic heterocycles. The molecule has 0 N–H and O–H groups in total. The first-order chi connectivity index (χ1) is 29.7. The van der Waals surface area contributed by atoms with Gasteiger partial charge in [0.05, 0.1) is 45.0 Å². The Bertz CT molecular complexity index is 3870. The summed E-state index contributed by atoms with van der Waals surface area (Å²) in [6, 6.07) is 72.4. The summed E-state index contributed by atoms with van der Waals surface area (Å²) < 4.78 is 4.79. The second kappa shape index (κ2) is 12.7. The molecule has 0 bridgehead atoms. The standard InChI is InChI=1S/C56H34N4/c1-2-13-36-30-41(27-24-35(36)12-1)60-52-23-10-8-19-45(52)49-33-38(26-29-54(49)60)37-25-28-53-48(32-37)44-18-7-9-22-51(44)59(53)40-15-11-14-39(31-40)50-34-57-55-46-20-5-3-16-42(46)43-17-4-6-21-47(43)56(55)58-50/h1-34H. The van der Waals surface area contributed by atoms with Gasteiger partial charge >= 0.3 is 0 Å². The normalized spacial score (nSPS) is 12.0. The molecule has 0 spiro atoms. The quantitative estimate of drug-likeness (QED) is 0.167. The van der Waals surface area contributed by atoms with Gasteiger partial charge in [0.15, 0.2) is 0 Å². The Labute approximate surface area is 344 Å². The molecule has 3 heterocycles. The first kappa shape index (κ1) is 32.9. The minimum absolute atomic E-state index is 0.852. The van der Waals surface area contributed by atoms with Crippen molar-refractivity contribution in [3.05, 3.63) is 206 Å². The Morgan fingerprint density at radius 2 is 0.817 bits per heavy atom. The summed E-state index contributed by atoms with van der Waals surface area (Å²) in [4.78, 5) is 10.4. The monoisotopic (exact) mass is 762 g/mol. The molecule has 0 saturated heterocycles. The molecule has 60 heavy (non-hydrogen) atoms. The van der Waals surface area contributed by atoms with Gasteiger partial charge in [-0.1, -0.05) is 140 Å². The van der Waals surface area contributed by atoms with Crippen molar-refractivity contribution in [2.75, 3.05) is 0 Å². The minimum atomic E-state index is 0.852. The number of para-hydroxylation sites is 2. The second-order valence-electron chi connectivity index (χ2n) is 15.8. The zero-order chi connectivity index (χ0) is 39.3. The topological polar surface area (TPSA) is 35.6 Å². The summed E-state index contributed by atoms with van der Waals surface area (Å²) in [6.45, 7) is 0. The summed E-state index contributed by atoms with van der Waals surface area (Å²) in [5.74, 6) is 0. The van der Waals surface area contributed by atoms with Crippen LogP contribution >= 0.6 is 0 Å². The number of rotatable bonds is 4. The van der Waals surface area contributed by atoms with Gasteiger partial charge in [-0.15, -0.1) is 0 Å². The maximum atomic E-state index is 5.31. The number of benzene rings is 10. The highest BCUT2D eigenvalue weighted by Crippen LogP contribution is 2.40. The van der Waals surface area contributed by atoms with E-state index in [9.17, 15) is 0 Å². The maximum absolute atomic E-state index is 5.31. The maximum Gasteiger partial charge on any atom is 0.0979 e. The molecule has 0 unspecified atom stereocenters. The van der Waals surface area contributed by atoms with Gasteiger partial charge in [-0.2, -0.15) is 0 Å². The molecule has 0 saturated carbocycles. The van der Waals surface area contributed by atoms with Gasteiger partial charge in [0, 0.05) is 49.3 Å². The van der Waals surface area contributed by atoms with Gasteiger partial charge in [-0.25, -0.2) is 4.98 Å². The third-order valence-electron chi connectivity index (χ3n) is 12.5. The Morgan fingerprint density at radius 1 is 0.300 bits per heavy atom. The van der Waals surface area contributed by atoms with E-state index in [1.165, 1.54) is 70.9 Å². The van der Waals surface area contributed by atoms with E-state index in [4.69, 9.17) is 9.97 Å². The molecule has 0 aliphatic rings. The average molecular weight is 763 g/mol. The predicted molar refractivity (Wildman–Crippen MR) is 252 cm³/mol. The van der Waals surface area contributed by atoms with Crippen LogP contribution in [-0.4, -0.2) is 19.1 Å². The molecule has 4 heteroatoms. The first-order valence-electron chi connectivity index (χ1n) is 20.5. The fraction of sp³-hybridized carbons (Fsp3) is 0. The van der Waals surface area contributed by atoms with Gasteiger partial charge in [0.25, 0.3) is 0 Å². The summed E-state index contributed by atoms with van der Waals surface area (Å²) in [7, 11) is 0. The fourth-order valence-corrected chi connectivity index (χ4v) is 9.74. The largest absolute Gasteiger partial charge is 0.309 e. The van der Waals surface area contributed by atoms with Crippen molar-refractivity contribution in [1.29, 1.82) is 0 Å². The van der Waals surface area contributed by atoms with Crippen LogP contribution in [0.3, 0.4) is 0 Å². The van der Waals surface area contributed by atoms with Crippen LogP contribution < -0.4 is 0 Å². The van der Waals surface area contributed by atoms with Crippen LogP contribution in [0.4, 0.5) is 0 Å². The van der Waals surface area contributed by atoms with Gasteiger partial charge in [-0.05, 0) is 93.3 Å². The molecule has 4 nitrogen and oxygen atoms in total. The smallest absolute Gasteiger partial charge is 0.0979 e. The Hall–Kier alpha value is -8.08. The molecule has 0 amide bonds.